The van der Waals surface area contributed by atoms with Gasteiger partial charge in [-0.05, 0) is 44.9 Å². The fourth-order valence-corrected chi connectivity index (χ4v) is 2.08. The van der Waals surface area contributed by atoms with Gasteiger partial charge in [-0.1, -0.05) is 25.5 Å². The summed E-state index contributed by atoms with van der Waals surface area (Å²) in [6.45, 7) is 8.36. The minimum atomic E-state index is -0.190. The first kappa shape index (κ1) is 18.0. The first-order valence-electron chi connectivity index (χ1n) is 7.86. The number of hydrogen-bond donors (Lipinski definition) is 3. The van der Waals surface area contributed by atoms with Gasteiger partial charge in [0.2, 0.25) is 0 Å². The number of amides is 3. The zero-order valence-corrected chi connectivity index (χ0v) is 13.9. The van der Waals surface area contributed by atoms with Crippen LogP contribution in [0.25, 0.3) is 0 Å². The van der Waals surface area contributed by atoms with Gasteiger partial charge in [0.1, 0.15) is 0 Å². The molecule has 1 atom stereocenters. The maximum Gasteiger partial charge on any atom is 0.315 e. The number of rotatable bonds is 7. The van der Waals surface area contributed by atoms with E-state index in [2.05, 4.69) is 22.9 Å². The largest absolute Gasteiger partial charge is 0.350 e. The molecule has 0 aliphatic carbocycles. The average Bonchev–Trinajstić information content (AvgIpc) is 2.45. The molecular weight excluding hydrogens is 278 g/mol. The van der Waals surface area contributed by atoms with E-state index in [0.29, 0.717) is 12.1 Å². The van der Waals surface area contributed by atoms with Crippen LogP contribution in [-0.2, 0) is 6.54 Å². The number of carbonyl (C=O) groups excluding carboxylic acids is 2. The van der Waals surface area contributed by atoms with Crippen molar-refractivity contribution in [1.29, 1.82) is 0 Å². The molecule has 0 fully saturated rings. The van der Waals surface area contributed by atoms with E-state index in [-0.39, 0.29) is 24.0 Å². The lowest BCUT2D eigenvalue weighted by Crippen LogP contribution is -2.39. The van der Waals surface area contributed by atoms with Crippen molar-refractivity contribution in [3.8, 4) is 0 Å². The SMILES string of the molecule is CCC[C@H](C)NC(=O)c1ccc(CNC(=O)NC(C)C)cc1. The number of urea groups is 1. The predicted octanol–water partition coefficient (Wildman–Crippen LogP) is 2.81. The zero-order valence-electron chi connectivity index (χ0n) is 13.9. The van der Waals surface area contributed by atoms with Crippen molar-refractivity contribution >= 4 is 11.9 Å². The standard InChI is InChI=1S/C17H27N3O2/c1-5-6-13(4)20-16(21)15-9-7-14(8-10-15)11-18-17(22)19-12(2)3/h7-10,12-13H,5-6,11H2,1-4H3,(H,20,21)(H2,18,19,22)/t13-/m0/s1. The lowest BCUT2D eigenvalue weighted by molar-refractivity contribution is 0.0938. The van der Waals surface area contributed by atoms with Crippen molar-refractivity contribution in [3.63, 3.8) is 0 Å². The second kappa shape index (κ2) is 9.07. The molecule has 0 aliphatic rings. The van der Waals surface area contributed by atoms with Crippen molar-refractivity contribution < 1.29 is 9.59 Å². The van der Waals surface area contributed by atoms with Gasteiger partial charge in [0.15, 0.2) is 0 Å². The Morgan fingerprint density at radius 1 is 1.05 bits per heavy atom. The molecule has 1 aromatic rings. The van der Waals surface area contributed by atoms with Gasteiger partial charge >= 0.3 is 6.03 Å². The quantitative estimate of drug-likeness (QED) is 0.725. The first-order valence-corrected chi connectivity index (χ1v) is 7.86. The van der Waals surface area contributed by atoms with Gasteiger partial charge in [-0.25, -0.2) is 4.79 Å². The maximum absolute atomic E-state index is 12.0. The normalized spacial score (nSPS) is 11.9. The molecule has 0 saturated heterocycles. The summed E-state index contributed by atoms with van der Waals surface area (Å²) >= 11 is 0. The molecule has 0 unspecified atom stereocenters. The van der Waals surface area contributed by atoms with E-state index in [9.17, 15) is 9.59 Å². The van der Waals surface area contributed by atoms with Gasteiger partial charge in [0.25, 0.3) is 5.91 Å². The Balaban J connectivity index is 2.49. The fraction of sp³-hybridized carbons (Fsp3) is 0.529. The first-order chi connectivity index (χ1) is 10.4. The molecule has 1 rings (SSSR count). The fourth-order valence-electron chi connectivity index (χ4n) is 2.08. The zero-order chi connectivity index (χ0) is 16.5. The molecule has 0 aromatic heterocycles. The molecule has 3 N–H and O–H groups in total. The molecular formula is C17H27N3O2. The van der Waals surface area contributed by atoms with Crippen molar-refractivity contribution in [1.82, 2.24) is 16.0 Å². The van der Waals surface area contributed by atoms with E-state index in [0.717, 1.165) is 18.4 Å². The molecule has 3 amide bonds. The van der Waals surface area contributed by atoms with E-state index in [1.54, 1.807) is 12.1 Å². The monoisotopic (exact) mass is 305 g/mol. The van der Waals surface area contributed by atoms with E-state index < -0.39 is 0 Å². The van der Waals surface area contributed by atoms with Crippen LogP contribution in [0.3, 0.4) is 0 Å². The van der Waals surface area contributed by atoms with Crippen LogP contribution >= 0.6 is 0 Å². The summed E-state index contributed by atoms with van der Waals surface area (Å²) in [4.78, 5) is 23.5. The third-order valence-corrected chi connectivity index (χ3v) is 3.19. The highest BCUT2D eigenvalue weighted by Crippen LogP contribution is 2.06. The lowest BCUT2D eigenvalue weighted by atomic mass is 10.1. The van der Waals surface area contributed by atoms with Gasteiger partial charge in [-0.15, -0.1) is 0 Å². The van der Waals surface area contributed by atoms with Crippen LogP contribution < -0.4 is 16.0 Å². The predicted molar refractivity (Wildman–Crippen MR) is 88.8 cm³/mol. The van der Waals surface area contributed by atoms with Crippen LogP contribution in [0.4, 0.5) is 4.79 Å². The second-order valence-corrected chi connectivity index (χ2v) is 5.84. The van der Waals surface area contributed by atoms with Crippen LogP contribution in [0.5, 0.6) is 0 Å². The molecule has 22 heavy (non-hydrogen) atoms. The Bertz CT molecular complexity index is 483. The maximum atomic E-state index is 12.0. The summed E-state index contributed by atoms with van der Waals surface area (Å²) in [5.41, 5.74) is 1.59. The minimum absolute atomic E-state index is 0.0574. The topological polar surface area (TPSA) is 70.2 Å². The molecule has 0 spiro atoms. The van der Waals surface area contributed by atoms with Crippen LogP contribution in [0.15, 0.2) is 24.3 Å². The smallest absolute Gasteiger partial charge is 0.315 e. The van der Waals surface area contributed by atoms with Gasteiger partial charge in [0, 0.05) is 24.2 Å². The number of carbonyl (C=O) groups is 2. The van der Waals surface area contributed by atoms with Gasteiger partial charge < -0.3 is 16.0 Å². The highest BCUT2D eigenvalue weighted by atomic mass is 16.2. The van der Waals surface area contributed by atoms with Crippen molar-refractivity contribution in [2.24, 2.45) is 0 Å². The Morgan fingerprint density at radius 2 is 1.68 bits per heavy atom. The van der Waals surface area contributed by atoms with Crippen molar-refractivity contribution in [2.45, 2.75) is 59.2 Å². The number of hydrogen-bond acceptors (Lipinski definition) is 2. The lowest BCUT2D eigenvalue weighted by Gasteiger charge is -2.13. The molecule has 0 radical (unpaired) electrons. The summed E-state index contributed by atoms with van der Waals surface area (Å²) in [7, 11) is 0. The molecule has 0 saturated carbocycles. The molecule has 5 nitrogen and oxygen atoms in total. The number of benzene rings is 1. The molecule has 5 heteroatoms. The second-order valence-electron chi connectivity index (χ2n) is 5.84. The van der Waals surface area contributed by atoms with E-state index in [4.69, 9.17) is 0 Å². The third kappa shape index (κ3) is 6.61. The van der Waals surface area contributed by atoms with E-state index >= 15 is 0 Å². The van der Waals surface area contributed by atoms with Crippen LogP contribution in [0.2, 0.25) is 0 Å². The van der Waals surface area contributed by atoms with Crippen LogP contribution in [-0.4, -0.2) is 24.0 Å². The van der Waals surface area contributed by atoms with Gasteiger partial charge in [-0.3, -0.25) is 4.79 Å². The Labute approximate surface area is 132 Å². The van der Waals surface area contributed by atoms with E-state index in [1.165, 1.54) is 0 Å². The molecule has 1 aromatic carbocycles. The summed E-state index contributed by atoms with van der Waals surface area (Å²) in [6, 6.07) is 7.38. The molecule has 0 heterocycles. The van der Waals surface area contributed by atoms with Crippen LogP contribution in [0, 0.1) is 0 Å². The van der Waals surface area contributed by atoms with Crippen molar-refractivity contribution in [3.05, 3.63) is 35.4 Å². The molecule has 0 aliphatic heterocycles. The van der Waals surface area contributed by atoms with Crippen molar-refractivity contribution in [2.75, 3.05) is 0 Å². The summed E-state index contributed by atoms with van der Waals surface area (Å²) in [5.74, 6) is -0.0574. The Morgan fingerprint density at radius 3 is 2.23 bits per heavy atom. The highest BCUT2D eigenvalue weighted by Gasteiger charge is 2.09. The highest BCUT2D eigenvalue weighted by molar-refractivity contribution is 5.94. The third-order valence-electron chi connectivity index (χ3n) is 3.19. The van der Waals surface area contributed by atoms with Crippen LogP contribution in [0.1, 0.15) is 56.5 Å². The summed E-state index contributed by atoms with van der Waals surface area (Å²) < 4.78 is 0. The van der Waals surface area contributed by atoms with Gasteiger partial charge in [-0.2, -0.15) is 0 Å². The van der Waals surface area contributed by atoms with Gasteiger partial charge in [0.05, 0.1) is 0 Å². The minimum Gasteiger partial charge on any atom is -0.350 e. The Hall–Kier alpha value is -2.04. The number of nitrogens with one attached hydrogen (secondary N) is 3. The molecule has 0 bridgehead atoms. The Kier molecular flexibility index (Phi) is 7.43. The average molecular weight is 305 g/mol. The molecule has 122 valence electrons. The summed E-state index contributed by atoms with van der Waals surface area (Å²) in [6.07, 6.45) is 2.02. The summed E-state index contributed by atoms with van der Waals surface area (Å²) in [5, 5.41) is 8.51. The van der Waals surface area contributed by atoms with E-state index in [1.807, 2.05) is 32.9 Å².